The van der Waals surface area contributed by atoms with Crippen molar-refractivity contribution >= 4 is 11.7 Å². The van der Waals surface area contributed by atoms with E-state index in [1.807, 2.05) is 42.5 Å². The predicted molar refractivity (Wildman–Crippen MR) is 113 cm³/mol. The molecule has 8 nitrogen and oxygen atoms in total. The highest BCUT2D eigenvalue weighted by Crippen LogP contribution is 2.33. The lowest BCUT2D eigenvalue weighted by molar-refractivity contribution is 0.241. The molecule has 158 valence electrons. The number of ether oxygens (including phenoxy) is 2. The van der Waals surface area contributed by atoms with Crippen LogP contribution in [0.1, 0.15) is 25.0 Å². The molecule has 1 aliphatic rings. The van der Waals surface area contributed by atoms with Crippen LogP contribution in [0.4, 0.5) is 10.5 Å². The summed E-state index contributed by atoms with van der Waals surface area (Å²) in [6.07, 6.45) is 6.33. The van der Waals surface area contributed by atoms with Gasteiger partial charge in [-0.15, -0.1) is 0 Å². The number of aryl methyl sites for hydroxylation is 2. The molecule has 1 aromatic heterocycles. The van der Waals surface area contributed by atoms with E-state index in [2.05, 4.69) is 20.2 Å². The van der Waals surface area contributed by atoms with Gasteiger partial charge in [-0.3, -0.25) is 4.90 Å². The Morgan fingerprint density at radius 2 is 2.03 bits per heavy atom. The number of aromatic nitrogens is 2. The lowest BCUT2D eigenvalue weighted by atomic mass is 10.0. The Balaban J connectivity index is 1.69. The summed E-state index contributed by atoms with van der Waals surface area (Å²) in [5.41, 5.74) is 1.94. The number of methoxy groups -OCH3 is 2. The van der Waals surface area contributed by atoms with Gasteiger partial charge in [-0.2, -0.15) is 0 Å². The number of urea groups is 1. The molecule has 2 heterocycles. The molecule has 2 aromatic rings. The number of nitrogens with zero attached hydrogens (tertiary/aromatic N) is 3. The van der Waals surface area contributed by atoms with Crippen molar-refractivity contribution in [2.45, 2.75) is 38.8 Å². The molecule has 8 heteroatoms. The van der Waals surface area contributed by atoms with Crippen molar-refractivity contribution in [3.8, 4) is 11.5 Å². The molecule has 1 saturated heterocycles. The van der Waals surface area contributed by atoms with E-state index < -0.39 is 0 Å². The molecule has 3 rings (SSSR count). The van der Waals surface area contributed by atoms with Crippen molar-refractivity contribution in [2.24, 2.45) is 0 Å². The molecule has 0 aliphatic carbocycles. The van der Waals surface area contributed by atoms with E-state index in [1.165, 1.54) is 0 Å². The molecule has 0 bridgehead atoms. The number of rotatable bonds is 8. The van der Waals surface area contributed by atoms with E-state index in [0.717, 1.165) is 50.3 Å². The third kappa shape index (κ3) is 5.20. The lowest BCUT2D eigenvalue weighted by Gasteiger charge is -2.35. The van der Waals surface area contributed by atoms with Crippen LogP contribution in [0.25, 0.3) is 0 Å². The first-order chi connectivity index (χ1) is 14.1. The SMILES string of the molecule is COc1ccc(N(C(=O)NCCCn2cncc2C)C2CCNCC2)cc1OC. The first kappa shape index (κ1) is 21.0. The average Bonchev–Trinajstić information content (AvgIpc) is 3.16. The zero-order chi connectivity index (χ0) is 20.6. The molecule has 29 heavy (non-hydrogen) atoms. The van der Waals surface area contributed by atoms with Crippen molar-refractivity contribution in [3.63, 3.8) is 0 Å². The minimum atomic E-state index is -0.0773. The van der Waals surface area contributed by atoms with E-state index in [1.54, 1.807) is 14.2 Å². The van der Waals surface area contributed by atoms with Crippen LogP contribution in [-0.2, 0) is 6.54 Å². The van der Waals surface area contributed by atoms with Gasteiger partial charge in [0.2, 0.25) is 0 Å². The second-order valence-electron chi connectivity index (χ2n) is 7.20. The Bertz CT molecular complexity index is 801. The maximum Gasteiger partial charge on any atom is 0.322 e. The molecule has 0 atom stereocenters. The van der Waals surface area contributed by atoms with Gasteiger partial charge in [0.05, 0.1) is 20.5 Å². The van der Waals surface area contributed by atoms with Crippen molar-refractivity contribution in [2.75, 3.05) is 38.8 Å². The summed E-state index contributed by atoms with van der Waals surface area (Å²) in [5, 5.41) is 6.45. The third-order valence-electron chi connectivity index (χ3n) is 5.31. The number of piperidine rings is 1. The molecule has 0 spiro atoms. The van der Waals surface area contributed by atoms with Crippen molar-refractivity contribution in [3.05, 3.63) is 36.4 Å². The highest BCUT2D eigenvalue weighted by Gasteiger charge is 2.27. The Labute approximate surface area is 172 Å². The fraction of sp³-hybridized carbons (Fsp3) is 0.524. The lowest BCUT2D eigenvalue weighted by Crippen LogP contribution is -2.50. The first-order valence-electron chi connectivity index (χ1n) is 10.1. The molecule has 0 radical (unpaired) electrons. The molecule has 1 fully saturated rings. The second-order valence-corrected chi connectivity index (χ2v) is 7.20. The van der Waals surface area contributed by atoms with Gasteiger partial charge in [0.15, 0.2) is 11.5 Å². The summed E-state index contributed by atoms with van der Waals surface area (Å²) in [7, 11) is 3.21. The standard InChI is InChI=1S/C21H31N5O3/c1-16-14-23-15-25(16)12-4-9-24-21(27)26(17-7-10-22-11-8-17)18-5-6-19(28-2)20(13-18)29-3/h5-6,13-15,17,22H,4,7-12H2,1-3H3,(H,24,27). The van der Waals surface area contributed by atoms with Gasteiger partial charge in [0.1, 0.15) is 0 Å². The van der Waals surface area contributed by atoms with Gasteiger partial charge < -0.3 is 24.7 Å². The highest BCUT2D eigenvalue weighted by molar-refractivity contribution is 5.93. The average molecular weight is 402 g/mol. The van der Waals surface area contributed by atoms with E-state index in [-0.39, 0.29) is 12.1 Å². The Hall–Kier alpha value is -2.74. The normalized spacial score (nSPS) is 14.4. The highest BCUT2D eigenvalue weighted by atomic mass is 16.5. The van der Waals surface area contributed by atoms with E-state index in [0.29, 0.717) is 18.0 Å². The van der Waals surface area contributed by atoms with Gasteiger partial charge in [-0.25, -0.2) is 9.78 Å². The van der Waals surface area contributed by atoms with Crippen molar-refractivity contribution < 1.29 is 14.3 Å². The molecular weight excluding hydrogens is 370 g/mol. The summed E-state index contributed by atoms with van der Waals surface area (Å²) >= 11 is 0. The quantitative estimate of drug-likeness (QED) is 0.665. The summed E-state index contributed by atoms with van der Waals surface area (Å²) in [4.78, 5) is 19.1. The minimum Gasteiger partial charge on any atom is -0.493 e. The van der Waals surface area contributed by atoms with Crippen LogP contribution in [0.3, 0.4) is 0 Å². The number of hydrogen-bond donors (Lipinski definition) is 2. The van der Waals surface area contributed by atoms with E-state index in [4.69, 9.17) is 9.47 Å². The molecule has 1 aromatic carbocycles. The maximum atomic E-state index is 13.1. The maximum absolute atomic E-state index is 13.1. The smallest absolute Gasteiger partial charge is 0.322 e. The van der Waals surface area contributed by atoms with Gasteiger partial charge in [0, 0.05) is 42.8 Å². The summed E-state index contributed by atoms with van der Waals surface area (Å²) in [6.45, 7) is 5.27. The zero-order valence-corrected chi connectivity index (χ0v) is 17.5. The molecule has 0 saturated carbocycles. The van der Waals surface area contributed by atoms with E-state index >= 15 is 0 Å². The number of amides is 2. The van der Waals surface area contributed by atoms with Crippen LogP contribution in [0.15, 0.2) is 30.7 Å². The largest absolute Gasteiger partial charge is 0.493 e. The van der Waals surface area contributed by atoms with Crippen molar-refractivity contribution in [1.82, 2.24) is 20.2 Å². The summed E-state index contributed by atoms with van der Waals surface area (Å²) < 4.78 is 12.9. The number of anilines is 1. The molecule has 0 unspecified atom stereocenters. The summed E-state index contributed by atoms with van der Waals surface area (Å²) in [5.74, 6) is 1.27. The van der Waals surface area contributed by atoms with Crippen LogP contribution in [0, 0.1) is 6.92 Å². The number of nitrogens with one attached hydrogen (secondary N) is 2. The fourth-order valence-corrected chi connectivity index (χ4v) is 3.68. The topological polar surface area (TPSA) is 80.7 Å². The molecular formula is C21H31N5O3. The van der Waals surface area contributed by atoms with Crippen LogP contribution in [0.2, 0.25) is 0 Å². The van der Waals surface area contributed by atoms with Crippen LogP contribution in [0.5, 0.6) is 11.5 Å². The zero-order valence-electron chi connectivity index (χ0n) is 17.5. The van der Waals surface area contributed by atoms with Gasteiger partial charge in [-0.1, -0.05) is 0 Å². The second kappa shape index (κ2) is 10.2. The Kier molecular flexibility index (Phi) is 7.35. The number of imidazole rings is 1. The van der Waals surface area contributed by atoms with E-state index in [9.17, 15) is 4.79 Å². The number of hydrogen-bond acceptors (Lipinski definition) is 5. The monoisotopic (exact) mass is 401 g/mol. The van der Waals surface area contributed by atoms with Crippen LogP contribution < -0.4 is 25.0 Å². The van der Waals surface area contributed by atoms with Crippen LogP contribution >= 0.6 is 0 Å². The first-order valence-corrected chi connectivity index (χ1v) is 10.1. The number of carbonyl (C=O) groups excluding carboxylic acids is 1. The minimum absolute atomic E-state index is 0.0773. The number of benzene rings is 1. The number of carbonyl (C=O) groups is 1. The van der Waals surface area contributed by atoms with Gasteiger partial charge >= 0.3 is 6.03 Å². The summed E-state index contributed by atoms with van der Waals surface area (Å²) in [6, 6.07) is 5.70. The third-order valence-corrected chi connectivity index (χ3v) is 5.31. The van der Waals surface area contributed by atoms with Crippen molar-refractivity contribution in [1.29, 1.82) is 0 Å². The Morgan fingerprint density at radius 1 is 1.28 bits per heavy atom. The molecule has 2 N–H and O–H groups in total. The van der Waals surface area contributed by atoms with Gasteiger partial charge in [0.25, 0.3) is 0 Å². The fourth-order valence-electron chi connectivity index (χ4n) is 3.68. The Morgan fingerprint density at radius 3 is 2.69 bits per heavy atom. The predicted octanol–water partition coefficient (Wildman–Crippen LogP) is 2.57. The van der Waals surface area contributed by atoms with Crippen LogP contribution in [-0.4, -0.2) is 55.5 Å². The molecule has 1 aliphatic heterocycles. The van der Waals surface area contributed by atoms with Gasteiger partial charge in [-0.05, 0) is 51.4 Å². The molecule has 2 amide bonds.